The van der Waals surface area contributed by atoms with Gasteiger partial charge < -0.3 is 14.7 Å². The largest absolute Gasteiger partial charge is 0.378 e. The molecule has 164 valence electrons. The zero-order chi connectivity index (χ0) is 22.7. The van der Waals surface area contributed by atoms with Crippen LogP contribution in [0.2, 0.25) is 0 Å². The fourth-order valence-electron chi connectivity index (χ4n) is 3.86. The summed E-state index contributed by atoms with van der Waals surface area (Å²) in [5.41, 5.74) is 3.35. The number of anilines is 3. The first-order valence-corrected chi connectivity index (χ1v) is 10.5. The Morgan fingerprint density at radius 2 is 1.62 bits per heavy atom. The van der Waals surface area contributed by atoms with Gasteiger partial charge in [-0.15, -0.1) is 0 Å². The maximum Gasteiger partial charge on any atom is 0.232 e. The highest BCUT2D eigenvalue weighted by molar-refractivity contribution is 6.04. The molecule has 0 saturated carbocycles. The Kier molecular flexibility index (Phi) is 6.16. The molecule has 1 fully saturated rings. The number of aromatic nitrogens is 1. The number of hydrogen-bond donors (Lipinski definition) is 0. The highest BCUT2D eigenvalue weighted by Gasteiger charge is 2.37. The minimum Gasteiger partial charge on any atom is -0.378 e. The molecule has 1 aromatic heterocycles. The molecule has 1 aliphatic heterocycles. The molecule has 0 bridgehead atoms. The summed E-state index contributed by atoms with van der Waals surface area (Å²) in [5.74, 6) is -1.10. The summed E-state index contributed by atoms with van der Waals surface area (Å²) in [6.07, 6.45) is 3.52. The summed E-state index contributed by atoms with van der Waals surface area (Å²) < 4.78 is 13.3. The van der Waals surface area contributed by atoms with E-state index in [4.69, 9.17) is 0 Å². The standard InChI is InChI=1S/C25H25FN4O2/c1-28(2)21-7-9-23(10-8-21)30(16-18-11-13-27-14-12-18)25(32)19-15-24(31)29(17-19)22-5-3-20(26)4-6-22/h3-14,19H,15-17H2,1-2H3. The van der Waals surface area contributed by atoms with Crippen molar-refractivity contribution in [2.45, 2.75) is 13.0 Å². The summed E-state index contributed by atoms with van der Waals surface area (Å²) in [4.78, 5) is 35.6. The summed E-state index contributed by atoms with van der Waals surface area (Å²) in [6.45, 7) is 0.649. The van der Waals surface area contributed by atoms with E-state index in [-0.39, 0.29) is 30.6 Å². The van der Waals surface area contributed by atoms with Crippen LogP contribution in [0.15, 0.2) is 73.1 Å². The van der Waals surface area contributed by atoms with Crippen molar-refractivity contribution in [3.8, 4) is 0 Å². The predicted octanol–water partition coefficient (Wildman–Crippen LogP) is 3.87. The van der Waals surface area contributed by atoms with Gasteiger partial charge in [0.25, 0.3) is 0 Å². The van der Waals surface area contributed by atoms with Crippen LogP contribution >= 0.6 is 0 Å². The highest BCUT2D eigenvalue weighted by atomic mass is 19.1. The monoisotopic (exact) mass is 432 g/mol. The fourth-order valence-corrected chi connectivity index (χ4v) is 3.86. The molecule has 1 aliphatic rings. The first-order valence-electron chi connectivity index (χ1n) is 10.5. The average molecular weight is 432 g/mol. The third-order valence-electron chi connectivity index (χ3n) is 5.65. The van der Waals surface area contributed by atoms with Crippen molar-refractivity contribution in [1.82, 2.24) is 4.98 Å². The van der Waals surface area contributed by atoms with E-state index >= 15 is 0 Å². The maximum atomic E-state index is 13.6. The van der Waals surface area contributed by atoms with E-state index in [2.05, 4.69) is 4.98 Å². The van der Waals surface area contributed by atoms with Crippen molar-refractivity contribution < 1.29 is 14.0 Å². The lowest BCUT2D eigenvalue weighted by Crippen LogP contribution is -2.37. The van der Waals surface area contributed by atoms with E-state index in [1.165, 1.54) is 12.1 Å². The normalized spacial score (nSPS) is 15.7. The second-order valence-electron chi connectivity index (χ2n) is 8.07. The molecule has 6 nitrogen and oxygen atoms in total. The number of carbonyl (C=O) groups excluding carboxylic acids is 2. The predicted molar refractivity (Wildman–Crippen MR) is 123 cm³/mol. The number of amides is 2. The summed E-state index contributed by atoms with van der Waals surface area (Å²) in [6, 6.07) is 17.3. The summed E-state index contributed by atoms with van der Waals surface area (Å²) >= 11 is 0. The molecule has 0 aliphatic carbocycles. The molecule has 0 radical (unpaired) electrons. The molecule has 1 saturated heterocycles. The van der Waals surface area contributed by atoms with Gasteiger partial charge in [0.2, 0.25) is 11.8 Å². The first kappa shape index (κ1) is 21.5. The number of halogens is 1. The van der Waals surface area contributed by atoms with Crippen LogP contribution in [0.25, 0.3) is 0 Å². The quantitative estimate of drug-likeness (QED) is 0.593. The van der Waals surface area contributed by atoms with Crippen molar-refractivity contribution in [3.63, 3.8) is 0 Å². The zero-order valence-electron chi connectivity index (χ0n) is 18.1. The Balaban J connectivity index is 1.59. The molecule has 7 heteroatoms. The van der Waals surface area contributed by atoms with Gasteiger partial charge in [0.1, 0.15) is 5.82 Å². The van der Waals surface area contributed by atoms with Crippen LogP contribution in [0.4, 0.5) is 21.5 Å². The maximum absolute atomic E-state index is 13.6. The van der Waals surface area contributed by atoms with Gasteiger partial charge in [0.15, 0.2) is 0 Å². The van der Waals surface area contributed by atoms with Crippen LogP contribution < -0.4 is 14.7 Å². The number of carbonyl (C=O) groups is 2. The molecule has 0 N–H and O–H groups in total. The van der Waals surface area contributed by atoms with Crippen LogP contribution in [0, 0.1) is 11.7 Å². The lowest BCUT2D eigenvalue weighted by Gasteiger charge is -2.26. The van der Waals surface area contributed by atoms with Crippen molar-refractivity contribution in [2.24, 2.45) is 5.92 Å². The number of benzene rings is 2. The number of nitrogens with zero attached hydrogens (tertiary/aromatic N) is 4. The lowest BCUT2D eigenvalue weighted by atomic mass is 10.1. The molecular weight excluding hydrogens is 407 g/mol. The van der Waals surface area contributed by atoms with Crippen molar-refractivity contribution in [3.05, 3.63) is 84.4 Å². The molecule has 2 aromatic carbocycles. The molecule has 2 heterocycles. The van der Waals surface area contributed by atoms with Crippen LogP contribution in [-0.4, -0.2) is 37.4 Å². The number of pyridine rings is 1. The smallest absolute Gasteiger partial charge is 0.232 e. The zero-order valence-corrected chi connectivity index (χ0v) is 18.1. The van der Waals surface area contributed by atoms with E-state index < -0.39 is 5.92 Å². The summed E-state index contributed by atoms with van der Waals surface area (Å²) in [5, 5.41) is 0. The van der Waals surface area contributed by atoms with Crippen LogP contribution in [0.5, 0.6) is 0 Å². The Hall–Kier alpha value is -3.74. The molecule has 1 atom stereocenters. The first-order chi connectivity index (χ1) is 15.4. The van der Waals surface area contributed by atoms with E-state index in [1.54, 1.807) is 34.3 Å². The minimum atomic E-state index is -0.483. The fraction of sp³-hybridized carbons (Fsp3) is 0.240. The second kappa shape index (κ2) is 9.18. The molecule has 3 aromatic rings. The molecule has 2 amide bonds. The van der Waals surface area contributed by atoms with Crippen molar-refractivity contribution in [2.75, 3.05) is 35.3 Å². The Bertz CT molecular complexity index is 1090. The van der Waals surface area contributed by atoms with Gasteiger partial charge in [-0.1, -0.05) is 0 Å². The van der Waals surface area contributed by atoms with E-state index in [0.717, 1.165) is 16.9 Å². The van der Waals surface area contributed by atoms with E-state index in [9.17, 15) is 14.0 Å². The van der Waals surface area contributed by atoms with Crippen molar-refractivity contribution in [1.29, 1.82) is 0 Å². The molecule has 32 heavy (non-hydrogen) atoms. The SMILES string of the molecule is CN(C)c1ccc(N(Cc2ccncc2)C(=O)C2CC(=O)N(c3ccc(F)cc3)C2)cc1. The van der Waals surface area contributed by atoms with Crippen LogP contribution in [0.3, 0.4) is 0 Å². The van der Waals surface area contributed by atoms with Gasteiger partial charge >= 0.3 is 0 Å². The van der Waals surface area contributed by atoms with Gasteiger partial charge in [-0.05, 0) is 66.2 Å². The van der Waals surface area contributed by atoms with E-state index in [1.807, 2.05) is 55.4 Å². The van der Waals surface area contributed by atoms with Crippen LogP contribution in [0.1, 0.15) is 12.0 Å². The van der Waals surface area contributed by atoms with Gasteiger partial charge in [-0.25, -0.2) is 4.39 Å². The lowest BCUT2D eigenvalue weighted by molar-refractivity contribution is -0.124. The van der Waals surface area contributed by atoms with Crippen molar-refractivity contribution >= 4 is 28.9 Å². The van der Waals surface area contributed by atoms with Gasteiger partial charge in [-0.2, -0.15) is 0 Å². The Morgan fingerprint density at radius 3 is 2.25 bits per heavy atom. The molecular formula is C25H25FN4O2. The third-order valence-corrected chi connectivity index (χ3v) is 5.65. The minimum absolute atomic E-state index is 0.114. The number of rotatable bonds is 6. The van der Waals surface area contributed by atoms with E-state index in [0.29, 0.717) is 12.2 Å². The molecule has 4 rings (SSSR count). The molecule has 1 unspecified atom stereocenters. The Labute approximate surface area is 186 Å². The average Bonchev–Trinajstić information content (AvgIpc) is 3.20. The second-order valence-corrected chi connectivity index (χ2v) is 8.07. The number of hydrogen-bond acceptors (Lipinski definition) is 4. The van der Waals surface area contributed by atoms with Crippen LogP contribution in [-0.2, 0) is 16.1 Å². The third kappa shape index (κ3) is 4.61. The molecule has 0 spiro atoms. The highest BCUT2D eigenvalue weighted by Crippen LogP contribution is 2.29. The van der Waals surface area contributed by atoms with Gasteiger partial charge in [-0.3, -0.25) is 14.6 Å². The summed E-state index contributed by atoms with van der Waals surface area (Å²) in [7, 11) is 3.92. The van der Waals surface area contributed by atoms with Gasteiger partial charge in [0, 0.05) is 56.5 Å². The topological polar surface area (TPSA) is 56.8 Å². The van der Waals surface area contributed by atoms with Gasteiger partial charge in [0.05, 0.1) is 12.5 Å². The Morgan fingerprint density at radius 1 is 1.00 bits per heavy atom.